The number of carbonyl (C=O) groups is 2. The number of carboxylic acid groups (broad SMARTS) is 1. The first-order chi connectivity index (χ1) is 10.1. The van der Waals surface area contributed by atoms with Crippen LogP contribution in [0.25, 0.3) is 0 Å². The third kappa shape index (κ3) is 2.24. The molecule has 114 valence electrons. The Hall–Kier alpha value is -1.78. The number of hydrogen-bond donors (Lipinski definition) is 1. The molecule has 21 heavy (non-hydrogen) atoms. The maximum atomic E-state index is 12.9. The summed E-state index contributed by atoms with van der Waals surface area (Å²) in [4.78, 5) is 26.3. The van der Waals surface area contributed by atoms with Crippen molar-refractivity contribution in [2.45, 2.75) is 57.0 Å². The summed E-state index contributed by atoms with van der Waals surface area (Å²) >= 11 is 0. The molecule has 5 heteroatoms. The van der Waals surface area contributed by atoms with E-state index in [9.17, 15) is 14.7 Å². The SMILES string of the molecule is CCCC1(C(=O)O)CCCN1C(=O)c1cccn1C1CC1. The summed E-state index contributed by atoms with van der Waals surface area (Å²) in [6.45, 7) is 2.51. The van der Waals surface area contributed by atoms with Crippen molar-refractivity contribution in [3.63, 3.8) is 0 Å². The molecule has 1 atom stereocenters. The quantitative estimate of drug-likeness (QED) is 0.907. The Labute approximate surface area is 124 Å². The lowest BCUT2D eigenvalue weighted by molar-refractivity contribution is -0.148. The zero-order valence-electron chi connectivity index (χ0n) is 12.4. The molecular weight excluding hydrogens is 268 g/mol. The van der Waals surface area contributed by atoms with Gasteiger partial charge in [0.2, 0.25) is 0 Å². The van der Waals surface area contributed by atoms with Crippen molar-refractivity contribution in [2.24, 2.45) is 0 Å². The van der Waals surface area contributed by atoms with Crippen LogP contribution in [-0.4, -0.2) is 38.5 Å². The van der Waals surface area contributed by atoms with Crippen molar-refractivity contribution < 1.29 is 14.7 Å². The topological polar surface area (TPSA) is 62.5 Å². The minimum Gasteiger partial charge on any atom is -0.479 e. The predicted octanol–water partition coefficient (Wildman–Crippen LogP) is 2.68. The van der Waals surface area contributed by atoms with Gasteiger partial charge in [-0.3, -0.25) is 4.79 Å². The Kier molecular flexibility index (Phi) is 3.51. The Morgan fingerprint density at radius 2 is 2.19 bits per heavy atom. The molecule has 1 aliphatic heterocycles. The number of nitrogens with zero attached hydrogens (tertiary/aromatic N) is 2. The van der Waals surface area contributed by atoms with Crippen LogP contribution in [0.3, 0.4) is 0 Å². The van der Waals surface area contributed by atoms with Crippen LogP contribution in [0.5, 0.6) is 0 Å². The summed E-state index contributed by atoms with van der Waals surface area (Å²) < 4.78 is 2.01. The van der Waals surface area contributed by atoms with E-state index >= 15 is 0 Å². The summed E-state index contributed by atoms with van der Waals surface area (Å²) in [5.74, 6) is -0.986. The van der Waals surface area contributed by atoms with Crippen LogP contribution in [0, 0.1) is 0 Å². The van der Waals surface area contributed by atoms with Gasteiger partial charge < -0.3 is 14.6 Å². The fourth-order valence-corrected chi connectivity index (χ4v) is 3.56. The molecule has 1 aromatic heterocycles. The number of rotatable bonds is 5. The molecule has 1 amide bonds. The molecular formula is C16H22N2O3. The van der Waals surface area contributed by atoms with Crippen LogP contribution in [0.1, 0.15) is 62.0 Å². The van der Waals surface area contributed by atoms with E-state index < -0.39 is 11.5 Å². The second-order valence-corrected chi connectivity index (χ2v) is 6.18. The molecule has 3 rings (SSSR count). The molecule has 2 heterocycles. The molecule has 1 aromatic rings. The smallest absolute Gasteiger partial charge is 0.329 e. The zero-order chi connectivity index (χ0) is 15.0. The van der Waals surface area contributed by atoms with Gasteiger partial charge in [0, 0.05) is 18.8 Å². The van der Waals surface area contributed by atoms with Crippen molar-refractivity contribution >= 4 is 11.9 Å². The minimum absolute atomic E-state index is 0.125. The van der Waals surface area contributed by atoms with Crippen LogP contribution in [0.15, 0.2) is 18.3 Å². The van der Waals surface area contributed by atoms with Gasteiger partial charge in [-0.25, -0.2) is 4.79 Å². The number of likely N-dealkylation sites (tertiary alicyclic amines) is 1. The Bertz CT molecular complexity index is 562. The molecule has 0 spiro atoms. The van der Waals surface area contributed by atoms with Crippen LogP contribution in [-0.2, 0) is 4.79 Å². The fraction of sp³-hybridized carbons (Fsp3) is 0.625. The van der Waals surface area contributed by atoms with Crippen molar-refractivity contribution in [3.8, 4) is 0 Å². The third-order valence-corrected chi connectivity index (χ3v) is 4.73. The number of aromatic nitrogens is 1. The summed E-state index contributed by atoms with van der Waals surface area (Å²) in [7, 11) is 0. The van der Waals surface area contributed by atoms with E-state index in [4.69, 9.17) is 0 Å². The molecule has 5 nitrogen and oxygen atoms in total. The number of amides is 1. The Morgan fingerprint density at radius 1 is 1.43 bits per heavy atom. The lowest BCUT2D eigenvalue weighted by atomic mass is 9.90. The number of carboxylic acids is 1. The maximum absolute atomic E-state index is 12.9. The summed E-state index contributed by atoms with van der Waals surface area (Å²) in [6.07, 6.45) is 6.76. The maximum Gasteiger partial charge on any atom is 0.329 e. The van der Waals surface area contributed by atoms with E-state index in [-0.39, 0.29) is 5.91 Å². The predicted molar refractivity (Wildman–Crippen MR) is 78.2 cm³/mol. The van der Waals surface area contributed by atoms with Crippen LogP contribution < -0.4 is 0 Å². The van der Waals surface area contributed by atoms with Crippen LogP contribution in [0.4, 0.5) is 0 Å². The second-order valence-electron chi connectivity index (χ2n) is 6.18. The monoisotopic (exact) mass is 290 g/mol. The third-order valence-electron chi connectivity index (χ3n) is 4.73. The Balaban J connectivity index is 1.92. The average molecular weight is 290 g/mol. The molecule has 0 bridgehead atoms. The number of aliphatic carboxylic acids is 1. The summed E-state index contributed by atoms with van der Waals surface area (Å²) in [6, 6.07) is 4.12. The second kappa shape index (κ2) is 5.20. The van der Waals surface area contributed by atoms with E-state index in [1.165, 1.54) is 0 Å². The first kappa shape index (κ1) is 14.2. The number of hydrogen-bond acceptors (Lipinski definition) is 2. The van der Waals surface area contributed by atoms with Gasteiger partial charge >= 0.3 is 5.97 Å². The van der Waals surface area contributed by atoms with E-state index in [2.05, 4.69) is 0 Å². The van der Waals surface area contributed by atoms with Gasteiger partial charge in [0.05, 0.1) is 0 Å². The lowest BCUT2D eigenvalue weighted by Crippen LogP contribution is -2.53. The highest BCUT2D eigenvalue weighted by molar-refractivity contribution is 5.97. The van der Waals surface area contributed by atoms with E-state index in [1.54, 1.807) is 4.90 Å². The lowest BCUT2D eigenvalue weighted by Gasteiger charge is -2.34. The van der Waals surface area contributed by atoms with Gasteiger partial charge in [-0.2, -0.15) is 0 Å². The van der Waals surface area contributed by atoms with Crippen molar-refractivity contribution in [1.29, 1.82) is 0 Å². The molecule has 1 aliphatic carbocycles. The van der Waals surface area contributed by atoms with Gasteiger partial charge in [-0.05, 0) is 44.2 Å². The molecule has 1 saturated heterocycles. The van der Waals surface area contributed by atoms with Gasteiger partial charge in [-0.1, -0.05) is 13.3 Å². The first-order valence-corrected chi connectivity index (χ1v) is 7.82. The normalized spacial score (nSPS) is 25.3. The standard InChI is InChI=1S/C16H22N2O3/c1-2-8-16(15(20)21)9-4-11-18(16)14(19)13-5-3-10-17(13)12-6-7-12/h3,5,10,12H,2,4,6-9,11H2,1H3,(H,20,21). The van der Waals surface area contributed by atoms with Gasteiger partial charge in [0.1, 0.15) is 11.2 Å². The van der Waals surface area contributed by atoms with Gasteiger partial charge in [0.15, 0.2) is 0 Å². The van der Waals surface area contributed by atoms with Crippen LogP contribution in [0.2, 0.25) is 0 Å². The van der Waals surface area contributed by atoms with Crippen molar-refractivity contribution in [2.75, 3.05) is 6.54 Å². The first-order valence-electron chi connectivity index (χ1n) is 7.82. The minimum atomic E-state index is -1.01. The van der Waals surface area contributed by atoms with Crippen molar-refractivity contribution in [1.82, 2.24) is 9.47 Å². The average Bonchev–Trinajstić information content (AvgIpc) is 3.02. The molecule has 0 aromatic carbocycles. The Morgan fingerprint density at radius 3 is 2.81 bits per heavy atom. The van der Waals surface area contributed by atoms with E-state index in [0.717, 1.165) is 25.7 Å². The highest BCUT2D eigenvalue weighted by Crippen LogP contribution is 2.39. The summed E-state index contributed by atoms with van der Waals surface area (Å²) in [5, 5.41) is 9.70. The number of carbonyl (C=O) groups excluding carboxylic acids is 1. The summed E-state index contributed by atoms with van der Waals surface area (Å²) in [5.41, 5.74) is -0.370. The highest BCUT2D eigenvalue weighted by Gasteiger charge is 2.49. The molecule has 1 unspecified atom stereocenters. The fourth-order valence-electron chi connectivity index (χ4n) is 3.56. The highest BCUT2D eigenvalue weighted by atomic mass is 16.4. The van der Waals surface area contributed by atoms with Crippen molar-refractivity contribution in [3.05, 3.63) is 24.0 Å². The molecule has 2 aliphatic rings. The largest absolute Gasteiger partial charge is 0.479 e. The van der Waals surface area contributed by atoms with Gasteiger partial charge in [-0.15, -0.1) is 0 Å². The zero-order valence-corrected chi connectivity index (χ0v) is 12.4. The molecule has 1 saturated carbocycles. The molecule has 1 N–H and O–H groups in total. The molecule has 2 fully saturated rings. The van der Waals surface area contributed by atoms with E-state index in [0.29, 0.717) is 31.1 Å². The van der Waals surface area contributed by atoms with Gasteiger partial charge in [0.25, 0.3) is 5.91 Å². The molecule has 0 radical (unpaired) electrons. The van der Waals surface area contributed by atoms with E-state index in [1.807, 2.05) is 29.8 Å². The van der Waals surface area contributed by atoms with Crippen LogP contribution >= 0.6 is 0 Å².